The van der Waals surface area contributed by atoms with Crippen molar-refractivity contribution in [2.24, 2.45) is 0 Å². The highest BCUT2D eigenvalue weighted by Crippen LogP contribution is 2.30. The average molecular weight is 400 g/mol. The smallest absolute Gasteiger partial charge is 0.180 e. The Balaban J connectivity index is 1.45. The van der Waals surface area contributed by atoms with E-state index in [0.29, 0.717) is 17.2 Å². The Hall–Kier alpha value is -3.79. The van der Waals surface area contributed by atoms with Crippen LogP contribution in [0.15, 0.2) is 36.8 Å². The standard InChI is InChI=1S/C20H20N10/c1-29-6-8-30(9-7-29)15-4-5-21-19-17(15)25-20(26-19)18-16-14(27-28-18)3-2-13(24-16)12-10-22-23-11-12/h2-5,10-11H,6-9H2,1H3,(H,22,23)(H,27,28)(H,21,25,26). The lowest BCUT2D eigenvalue weighted by Gasteiger charge is -2.34. The fourth-order valence-electron chi connectivity index (χ4n) is 3.94. The molecule has 10 nitrogen and oxygen atoms in total. The van der Waals surface area contributed by atoms with Crippen LogP contribution >= 0.6 is 0 Å². The molecule has 0 spiro atoms. The van der Waals surface area contributed by atoms with Gasteiger partial charge in [0.25, 0.3) is 0 Å². The van der Waals surface area contributed by atoms with E-state index < -0.39 is 0 Å². The van der Waals surface area contributed by atoms with Crippen LogP contribution in [0.1, 0.15) is 0 Å². The maximum Gasteiger partial charge on any atom is 0.180 e. The third-order valence-corrected chi connectivity index (χ3v) is 5.64. The van der Waals surface area contributed by atoms with Gasteiger partial charge >= 0.3 is 0 Å². The summed E-state index contributed by atoms with van der Waals surface area (Å²) in [6.07, 6.45) is 5.39. The molecule has 0 aromatic carbocycles. The summed E-state index contributed by atoms with van der Waals surface area (Å²) in [6, 6.07) is 5.96. The molecule has 30 heavy (non-hydrogen) atoms. The molecule has 5 aromatic heterocycles. The lowest BCUT2D eigenvalue weighted by atomic mass is 10.2. The molecule has 0 radical (unpaired) electrons. The number of nitrogens with zero attached hydrogens (tertiary/aromatic N) is 7. The van der Waals surface area contributed by atoms with Crippen molar-refractivity contribution in [1.29, 1.82) is 0 Å². The largest absolute Gasteiger partial charge is 0.367 e. The highest BCUT2D eigenvalue weighted by Gasteiger charge is 2.20. The Bertz CT molecular complexity index is 1320. The number of hydrogen-bond acceptors (Lipinski definition) is 7. The number of anilines is 1. The van der Waals surface area contributed by atoms with E-state index >= 15 is 0 Å². The highest BCUT2D eigenvalue weighted by atomic mass is 15.3. The molecule has 6 heterocycles. The van der Waals surface area contributed by atoms with Gasteiger partial charge in [-0.15, -0.1) is 0 Å². The zero-order valence-corrected chi connectivity index (χ0v) is 16.4. The lowest BCUT2D eigenvalue weighted by Crippen LogP contribution is -2.44. The molecule has 1 aliphatic rings. The van der Waals surface area contributed by atoms with E-state index in [4.69, 9.17) is 9.97 Å². The van der Waals surface area contributed by atoms with Gasteiger partial charge in [0.2, 0.25) is 0 Å². The number of imidazole rings is 1. The first kappa shape index (κ1) is 17.1. The molecule has 0 unspecified atom stereocenters. The van der Waals surface area contributed by atoms with Crippen LogP contribution in [-0.4, -0.2) is 78.5 Å². The minimum atomic E-state index is 0.655. The monoisotopic (exact) mass is 400 g/mol. The van der Waals surface area contributed by atoms with Crippen molar-refractivity contribution < 1.29 is 0 Å². The van der Waals surface area contributed by atoms with Crippen LogP contribution in [0.3, 0.4) is 0 Å². The fraction of sp³-hybridized carbons (Fsp3) is 0.250. The zero-order chi connectivity index (χ0) is 20.1. The third kappa shape index (κ3) is 2.72. The maximum atomic E-state index is 4.79. The van der Waals surface area contributed by atoms with Crippen LogP contribution in [0.25, 0.3) is 45.0 Å². The Kier molecular flexibility index (Phi) is 3.78. The Labute approximate surface area is 171 Å². The predicted octanol–water partition coefficient (Wildman–Crippen LogP) is 2.04. The van der Waals surface area contributed by atoms with Gasteiger partial charge in [0.05, 0.1) is 23.1 Å². The summed E-state index contributed by atoms with van der Waals surface area (Å²) in [4.78, 5) is 22.2. The predicted molar refractivity (Wildman–Crippen MR) is 114 cm³/mol. The molecule has 1 fully saturated rings. The van der Waals surface area contributed by atoms with E-state index in [9.17, 15) is 0 Å². The van der Waals surface area contributed by atoms with E-state index in [-0.39, 0.29) is 0 Å². The molecule has 150 valence electrons. The van der Waals surface area contributed by atoms with Crippen LogP contribution < -0.4 is 4.90 Å². The van der Waals surface area contributed by atoms with Gasteiger partial charge in [-0.2, -0.15) is 10.2 Å². The van der Waals surface area contributed by atoms with Crippen molar-refractivity contribution in [2.45, 2.75) is 0 Å². The van der Waals surface area contributed by atoms with Crippen molar-refractivity contribution in [3.05, 3.63) is 36.8 Å². The Morgan fingerprint density at radius 1 is 1.03 bits per heavy atom. The molecule has 0 amide bonds. The fourth-order valence-corrected chi connectivity index (χ4v) is 3.94. The molecule has 10 heteroatoms. The van der Waals surface area contributed by atoms with Gasteiger partial charge in [0, 0.05) is 44.1 Å². The molecular weight excluding hydrogens is 380 g/mol. The van der Waals surface area contributed by atoms with Gasteiger partial charge in [0.15, 0.2) is 17.2 Å². The molecule has 1 aliphatic heterocycles. The molecule has 6 rings (SSSR count). The number of H-pyrrole nitrogens is 3. The second kappa shape index (κ2) is 6.63. The zero-order valence-electron chi connectivity index (χ0n) is 16.4. The minimum absolute atomic E-state index is 0.655. The number of fused-ring (bicyclic) bond motifs is 2. The van der Waals surface area contributed by atoms with Crippen LogP contribution in [-0.2, 0) is 0 Å². The lowest BCUT2D eigenvalue weighted by molar-refractivity contribution is 0.313. The van der Waals surface area contributed by atoms with Crippen LogP contribution in [0, 0.1) is 0 Å². The van der Waals surface area contributed by atoms with Crippen LogP contribution in [0.5, 0.6) is 0 Å². The molecule has 0 aliphatic carbocycles. The number of pyridine rings is 2. The number of nitrogens with one attached hydrogen (secondary N) is 3. The van der Waals surface area contributed by atoms with Gasteiger partial charge < -0.3 is 14.8 Å². The van der Waals surface area contributed by atoms with Gasteiger partial charge in [-0.1, -0.05) is 0 Å². The van der Waals surface area contributed by atoms with E-state index in [1.165, 1.54) is 0 Å². The number of aromatic amines is 3. The third-order valence-electron chi connectivity index (χ3n) is 5.64. The summed E-state index contributed by atoms with van der Waals surface area (Å²) in [5, 5.41) is 14.4. The number of hydrogen-bond donors (Lipinski definition) is 3. The number of aromatic nitrogens is 8. The van der Waals surface area contributed by atoms with Crippen molar-refractivity contribution in [3.8, 4) is 22.8 Å². The maximum absolute atomic E-state index is 4.79. The normalized spacial score (nSPS) is 15.4. The summed E-state index contributed by atoms with van der Waals surface area (Å²) < 4.78 is 0. The highest BCUT2D eigenvalue weighted by molar-refractivity contribution is 5.93. The summed E-state index contributed by atoms with van der Waals surface area (Å²) in [5.41, 5.74) is 6.77. The number of likely N-dealkylation sites (N-methyl/N-ethyl adjacent to an activating group) is 1. The van der Waals surface area contributed by atoms with Crippen molar-refractivity contribution in [3.63, 3.8) is 0 Å². The van der Waals surface area contributed by atoms with Crippen LogP contribution in [0.2, 0.25) is 0 Å². The van der Waals surface area contributed by atoms with E-state index in [1.54, 1.807) is 6.20 Å². The van der Waals surface area contributed by atoms with Crippen LogP contribution in [0.4, 0.5) is 5.69 Å². The second-order valence-corrected chi connectivity index (χ2v) is 7.56. The first-order chi connectivity index (χ1) is 14.8. The first-order valence-electron chi connectivity index (χ1n) is 9.89. The summed E-state index contributed by atoms with van der Waals surface area (Å²) in [5.74, 6) is 0.655. The second-order valence-electron chi connectivity index (χ2n) is 7.56. The van der Waals surface area contributed by atoms with Crippen molar-refractivity contribution in [2.75, 3.05) is 38.1 Å². The minimum Gasteiger partial charge on any atom is -0.367 e. The molecule has 3 N–H and O–H groups in total. The topological polar surface area (TPSA) is 118 Å². The van der Waals surface area contributed by atoms with Gasteiger partial charge in [-0.3, -0.25) is 10.2 Å². The van der Waals surface area contributed by atoms with Gasteiger partial charge in [0.1, 0.15) is 11.0 Å². The average Bonchev–Trinajstić information content (AvgIpc) is 3.52. The first-order valence-corrected chi connectivity index (χ1v) is 9.89. The molecule has 1 saturated heterocycles. The molecular formula is C20H20N10. The Morgan fingerprint density at radius 2 is 1.93 bits per heavy atom. The Morgan fingerprint density at radius 3 is 2.77 bits per heavy atom. The SMILES string of the molecule is CN1CCN(c2ccnc3nc(-c4n[nH]c5ccc(-c6cn[nH]c6)nc45)[nH]c23)CC1. The van der Waals surface area contributed by atoms with E-state index in [2.05, 4.69) is 47.2 Å². The van der Waals surface area contributed by atoms with Crippen molar-refractivity contribution >= 4 is 27.9 Å². The molecule has 5 aromatic rings. The van der Waals surface area contributed by atoms with Gasteiger partial charge in [-0.25, -0.2) is 15.0 Å². The number of rotatable bonds is 3. The quantitative estimate of drug-likeness (QED) is 0.424. The van der Waals surface area contributed by atoms with Gasteiger partial charge in [-0.05, 0) is 25.2 Å². The van der Waals surface area contributed by atoms with E-state index in [1.807, 2.05) is 30.6 Å². The molecule has 0 saturated carbocycles. The van der Waals surface area contributed by atoms with Crippen molar-refractivity contribution in [1.82, 2.24) is 45.2 Å². The number of piperazine rings is 1. The molecule has 0 atom stereocenters. The summed E-state index contributed by atoms with van der Waals surface area (Å²) in [6.45, 7) is 4.03. The summed E-state index contributed by atoms with van der Waals surface area (Å²) >= 11 is 0. The van der Waals surface area contributed by atoms with E-state index in [0.717, 1.165) is 59.7 Å². The summed E-state index contributed by atoms with van der Waals surface area (Å²) in [7, 11) is 2.15. The molecule has 0 bridgehead atoms.